The first-order valence-corrected chi connectivity index (χ1v) is 4.67. The number of carboxylic acids is 1. The summed E-state index contributed by atoms with van der Waals surface area (Å²) >= 11 is 0. The van der Waals surface area contributed by atoms with Crippen LogP contribution in [0, 0.1) is 12.3 Å². The molecule has 0 spiro atoms. The maximum atomic E-state index is 10.7. The van der Waals surface area contributed by atoms with E-state index in [0.717, 1.165) is 0 Å². The van der Waals surface area contributed by atoms with E-state index in [-0.39, 0.29) is 18.3 Å². The first-order chi connectivity index (χ1) is 7.67. The topological polar surface area (TPSA) is 82.5 Å². The number of carboxylic acid groups (broad SMARTS) is 1. The average molecular weight is 220 g/mol. The molecular weight excluding hydrogens is 208 g/mol. The number of nitrogens with one attached hydrogen (secondary N) is 1. The molecule has 0 bridgehead atoms. The first-order valence-electron chi connectivity index (χ1n) is 4.67. The highest BCUT2D eigenvalue weighted by molar-refractivity contribution is 5.86. The molecule has 5 heteroatoms. The molecule has 0 saturated heterocycles. The van der Waals surface area contributed by atoms with Gasteiger partial charge in [0.05, 0.1) is 12.6 Å². The number of aliphatic hydroxyl groups excluding tert-OH is 1. The molecule has 0 aromatic carbocycles. The van der Waals surface area contributed by atoms with Crippen LogP contribution < -0.4 is 5.32 Å². The number of hydrogen-bond acceptors (Lipinski definition) is 4. The molecule has 0 radical (unpaired) electrons. The largest absolute Gasteiger partial charge is 0.477 e. The van der Waals surface area contributed by atoms with Crippen LogP contribution in [0.2, 0.25) is 0 Å². The van der Waals surface area contributed by atoms with Gasteiger partial charge in [-0.2, -0.15) is 0 Å². The number of nitrogens with zero attached hydrogens (tertiary/aromatic N) is 1. The zero-order chi connectivity index (χ0) is 12.0. The van der Waals surface area contributed by atoms with Gasteiger partial charge in [-0.3, -0.25) is 0 Å². The van der Waals surface area contributed by atoms with E-state index >= 15 is 0 Å². The van der Waals surface area contributed by atoms with Crippen molar-refractivity contribution in [2.45, 2.75) is 12.5 Å². The molecule has 1 aromatic rings. The zero-order valence-corrected chi connectivity index (χ0v) is 8.55. The van der Waals surface area contributed by atoms with Crippen LogP contribution in [0.3, 0.4) is 0 Å². The Kier molecular flexibility index (Phi) is 4.30. The van der Waals surface area contributed by atoms with E-state index in [2.05, 4.69) is 16.2 Å². The molecule has 84 valence electrons. The van der Waals surface area contributed by atoms with Crippen molar-refractivity contribution < 1.29 is 15.0 Å². The molecule has 0 saturated carbocycles. The van der Waals surface area contributed by atoms with Crippen molar-refractivity contribution in [3.8, 4) is 12.3 Å². The number of aliphatic hydroxyl groups is 1. The summed E-state index contributed by atoms with van der Waals surface area (Å²) in [5.74, 6) is 1.33. The van der Waals surface area contributed by atoms with Gasteiger partial charge in [-0.05, 0) is 12.1 Å². The Hall–Kier alpha value is -2.06. The molecule has 1 rings (SSSR count). The predicted octanol–water partition coefficient (Wildman–Crippen LogP) is 0.576. The van der Waals surface area contributed by atoms with Gasteiger partial charge in [0, 0.05) is 18.3 Å². The number of carbonyl (C=O) groups is 1. The van der Waals surface area contributed by atoms with E-state index in [4.69, 9.17) is 16.6 Å². The van der Waals surface area contributed by atoms with E-state index in [1.165, 1.54) is 12.3 Å². The van der Waals surface area contributed by atoms with Crippen LogP contribution in [0.1, 0.15) is 16.9 Å². The van der Waals surface area contributed by atoms with Crippen LogP contribution in [0.15, 0.2) is 18.3 Å². The van der Waals surface area contributed by atoms with Crippen molar-refractivity contribution in [2.24, 2.45) is 0 Å². The molecule has 1 unspecified atom stereocenters. The molecule has 1 aromatic heterocycles. The third-order valence-electron chi connectivity index (χ3n) is 1.93. The number of hydrogen-bond donors (Lipinski definition) is 3. The minimum Gasteiger partial charge on any atom is -0.477 e. The number of pyridine rings is 1. The van der Waals surface area contributed by atoms with Gasteiger partial charge >= 0.3 is 5.97 Å². The minimum atomic E-state index is -1.10. The normalized spacial score (nSPS) is 11.5. The highest BCUT2D eigenvalue weighted by Gasteiger charge is 2.08. The van der Waals surface area contributed by atoms with Crippen LogP contribution in [0.4, 0.5) is 5.69 Å². The molecule has 3 N–H and O–H groups in total. The molecule has 0 aliphatic rings. The SMILES string of the molecule is C#CCC(CO)Nc1ccnc(C(=O)O)c1. The first kappa shape index (κ1) is 12.0. The molecule has 0 amide bonds. The van der Waals surface area contributed by atoms with Crippen LogP contribution in [0.25, 0.3) is 0 Å². The van der Waals surface area contributed by atoms with Crippen LogP contribution in [-0.4, -0.2) is 33.8 Å². The number of terminal acetylenes is 1. The second-order valence-corrected chi connectivity index (χ2v) is 3.17. The highest BCUT2D eigenvalue weighted by atomic mass is 16.4. The Labute approximate surface area is 93.1 Å². The summed E-state index contributed by atoms with van der Waals surface area (Å²) in [4.78, 5) is 14.3. The van der Waals surface area contributed by atoms with E-state index in [1.807, 2.05) is 0 Å². The quantitative estimate of drug-likeness (QED) is 0.632. The molecule has 0 aliphatic carbocycles. The summed E-state index contributed by atoms with van der Waals surface area (Å²) in [5.41, 5.74) is 0.518. The third kappa shape index (κ3) is 3.26. The lowest BCUT2D eigenvalue weighted by molar-refractivity contribution is 0.0690. The second-order valence-electron chi connectivity index (χ2n) is 3.17. The van der Waals surface area contributed by atoms with Gasteiger partial charge in [0.15, 0.2) is 0 Å². The molecule has 5 nitrogen and oxygen atoms in total. The van der Waals surface area contributed by atoms with Crippen molar-refractivity contribution in [3.05, 3.63) is 24.0 Å². The molecular formula is C11H12N2O3. The predicted molar refractivity (Wildman–Crippen MR) is 59.1 cm³/mol. The monoisotopic (exact) mass is 220 g/mol. The van der Waals surface area contributed by atoms with Crippen LogP contribution in [0.5, 0.6) is 0 Å². The van der Waals surface area contributed by atoms with E-state index in [0.29, 0.717) is 12.1 Å². The number of aromatic nitrogens is 1. The summed E-state index contributed by atoms with van der Waals surface area (Å²) in [6.07, 6.45) is 6.88. The Morgan fingerprint density at radius 2 is 2.44 bits per heavy atom. The van der Waals surface area contributed by atoms with E-state index in [9.17, 15) is 4.79 Å². The number of aromatic carboxylic acids is 1. The van der Waals surface area contributed by atoms with E-state index in [1.54, 1.807) is 6.07 Å². The Morgan fingerprint density at radius 1 is 1.69 bits per heavy atom. The summed E-state index contributed by atoms with van der Waals surface area (Å²) in [6, 6.07) is 2.72. The summed E-state index contributed by atoms with van der Waals surface area (Å²) in [7, 11) is 0. The van der Waals surface area contributed by atoms with Gasteiger partial charge in [0.1, 0.15) is 5.69 Å². The van der Waals surface area contributed by atoms with Gasteiger partial charge in [0.25, 0.3) is 0 Å². The van der Waals surface area contributed by atoms with Gasteiger partial charge in [-0.25, -0.2) is 9.78 Å². The van der Waals surface area contributed by atoms with Gasteiger partial charge in [0.2, 0.25) is 0 Å². The maximum absolute atomic E-state index is 10.7. The number of anilines is 1. The molecule has 0 aliphatic heterocycles. The second kappa shape index (κ2) is 5.73. The average Bonchev–Trinajstić information content (AvgIpc) is 2.29. The van der Waals surface area contributed by atoms with Crippen LogP contribution in [-0.2, 0) is 0 Å². The van der Waals surface area contributed by atoms with Crippen molar-refractivity contribution >= 4 is 11.7 Å². The molecule has 0 fully saturated rings. The number of rotatable bonds is 5. The van der Waals surface area contributed by atoms with E-state index < -0.39 is 5.97 Å². The fraction of sp³-hybridized carbons (Fsp3) is 0.273. The van der Waals surface area contributed by atoms with Crippen molar-refractivity contribution in [1.29, 1.82) is 0 Å². The lowest BCUT2D eigenvalue weighted by Gasteiger charge is -2.14. The summed E-state index contributed by atoms with van der Waals surface area (Å²) in [5, 5.41) is 20.7. The van der Waals surface area contributed by atoms with Gasteiger partial charge < -0.3 is 15.5 Å². The summed E-state index contributed by atoms with van der Waals surface area (Å²) < 4.78 is 0. The van der Waals surface area contributed by atoms with Crippen molar-refractivity contribution in [2.75, 3.05) is 11.9 Å². The fourth-order valence-electron chi connectivity index (χ4n) is 1.18. The Morgan fingerprint density at radius 3 is 3.00 bits per heavy atom. The van der Waals surface area contributed by atoms with Crippen molar-refractivity contribution in [1.82, 2.24) is 4.98 Å². The molecule has 16 heavy (non-hydrogen) atoms. The Balaban J connectivity index is 2.77. The molecule has 1 heterocycles. The smallest absolute Gasteiger partial charge is 0.354 e. The lowest BCUT2D eigenvalue weighted by atomic mass is 10.2. The molecule has 1 atom stereocenters. The third-order valence-corrected chi connectivity index (χ3v) is 1.93. The fourth-order valence-corrected chi connectivity index (χ4v) is 1.18. The van der Waals surface area contributed by atoms with Gasteiger partial charge in [-0.15, -0.1) is 12.3 Å². The van der Waals surface area contributed by atoms with Gasteiger partial charge in [-0.1, -0.05) is 0 Å². The highest BCUT2D eigenvalue weighted by Crippen LogP contribution is 2.10. The van der Waals surface area contributed by atoms with Crippen LogP contribution >= 0.6 is 0 Å². The van der Waals surface area contributed by atoms with Crippen molar-refractivity contribution in [3.63, 3.8) is 0 Å². The Bertz CT molecular complexity index is 412. The lowest BCUT2D eigenvalue weighted by Crippen LogP contribution is -2.23. The standard InChI is InChI=1S/C11H12N2O3/c1-2-3-9(7-14)13-8-4-5-12-10(6-8)11(15)16/h1,4-6,9,14H,3,7H2,(H,12,13)(H,15,16). The summed E-state index contributed by atoms with van der Waals surface area (Å²) in [6.45, 7) is -0.116. The minimum absolute atomic E-state index is 0.0533. The zero-order valence-electron chi connectivity index (χ0n) is 8.55. The maximum Gasteiger partial charge on any atom is 0.354 e.